The van der Waals surface area contributed by atoms with Crippen LogP contribution in [0.5, 0.6) is 0 Å². The van der Waals surface area contributed by atoms with E-state index in [2.05, 4.69) is 5.16 Å². The number of hydrogen-bond donors (Lipinski definition) is 1. The Morgan fingerprint density at radius 1 is 1.15 bits per heavy atom. The highest BCUT2D eigenvalue weighted by atomic mass is 35.5. The number of nitrogens with two attached hydrogens (primary N) is 1. The van der Waals surface area contributed by atoms with E-state index < -0.39 is 18.2 Å². The van der Waals surface area contributed by atoms with E-state index in [-0.39, 0.29) is 17.8 Å². The van der Waals surface area contributed by atoms with Gasteiger partial charge in [-0.05, 0) is 37.1 Å². The Hall–Kier alpha value is -2.05. The second-order valence-electron chi connectivity index (χ2n) is 6.52. The van der Waals surface area contributed by atoms with Gasteiger partial charge in [-0.3, -0.25) is 0 Å². The minimum atomic E-state index is -4.62. The lowest BCUT2D eigenvalue weighted by molar-refractivity contribution is -0.275. The maximum atomic E-state index is 14.0. The molecule has 138 valence electrons. The minimum absolute atomic E-state index is 0.0502. The molecule has 0 fully saturated rings. The van der Waals surface area contributed by atoms with Gasteiger partial charge in [-0.2, -0.15) is 13.2 Å². The Morgan fingerprint density at radius 3 is 2.38 bits per heavy atom. The van der Waals surface area contributed by atoms with Crippen molar-refractivity contribution in [2.75, 3.05) is 0 Å². The van der Waals surface area contributed by atoms with Crippen molar-refractivity contribution in [3.05, 3.63) is 69.2 Å². The van der Waals surface area contributed by atoms with Gasteiger partial charge >= 0.3 is 6.18 Å². The lowest BCUT2D eigenvalue weighted by atomic mass is 9.85. The molecule has 2 aromatic rings. The third-order valence-electron chi connectivity index (χ3n) is 4.47. The number of rotatable bonds is 3. The summed E-state index contributed by atoms with van der Waals surface area (Å²) in [5.74, 6) is 0. The van der Waals surface area contributed by atoms with Crippen LogP contribution in [-0.4, -0.2) is 11.9 Å². The first-order valence-electron chi connectivity index (χ1n) is 8.06. The third-order valence-corrected chi connectivity index (χ3v) is 4.84. The molecule has 1 unspecified atom stereocenters. The maximum absolute atomic E-state index is 14.0. The number of alkyl halides is 3. The lowest BCUT2D eigenvalue weighted by Gasteiger charge is -2.30. The van der Waals surface area contributed by atoms with Crippen LogP contribution in [0.3, 0.4) is 0 Å². The standard InChI is InChI=1S/C19H18ClF3N2O/c1-11-5-12(2)7-15(6-11)18(19(21,22)23)9-17(25-26-18)13-3-4-16(20)14(8-13)10-24/h3-8H,9-10,24H2,1-2H3. The molecule has 0 radical (unpaired) electrons. The van der Waals surface area contributed by atoms with E-state index in [0.29, 0.717) is 16.1 Å². The second kappa shape index (κ2) is 6.59. The molecule has 1 aliphatic heterocycles. The molecule has 0 spiro atoms. The van der Waals surface area contributed by atoms with Gasteiger partial charge in [-0.25, -0.2) is 0 Å². The summed E-state index contributed by atoms with van der Waals surface area (Å²) in [6.07, 6.45) is -5.04. The molecule has 0 saturated carbocycles. The van der Waals surface area contributed by atoms with E-state index in [4.69, 9.17) is 22.2 Å². The average molecular weight is 383 g/mol. The quantitative estimate of drug-likeness (QED) is 0.812. The average Bonchev–Trinajstić information content (AvgIpc) is 3.01. The van der Waals surface area contributed by atoms with Crippen LogP contribution < -0.4 is 5.73 Å². The Morgan fingerprint density at radius 2 is 1.81 bits per heavy atom. The number of nitrogens with zero attached hydrogens (tertiary/aromatic N) is 1. The van der Waals surface area contributed by atoms with E-state index in [1.807, 2.05) is 6.07 Å². The van der Waals surface area contributed by atoms with Crippen molar-refractivity contribution < 1.29 is 18.0 Å². The van der Waals surface area contributed by atoms with E-state index >= 15 is 0 Å². The van der Waals surface area contributed by atoms with Gasteiger partial charge in [0.05, 0.1) is 5.71 Å². The fourth-order valence-corrected chi connectivity index (χ4v) is 3.37. The monoisotopic (exact) mass is 382 g/mol. The molecule has 1 aliphatic rings. The van der Waals surface area contributed by atoms with Gasteiger partial charge in [-0.15, -0.1) is 0 Å². The molecule has 0 bridgehead atoms. The molecule has 0 saturated heterocycles. The number of halogens is 4. The zero-order valence-electron chi connectivity index (χ0n) is 14.3. The van der Waals surface area contributed by atoms with Crippen LogP contribution in [0, 0.1) is 13.8 Å². The second-order valence-corrected chi connectivity index (χ2v) is 6.92. The zero-order valence-corrected chi connectivity index (χ0v) is 15.1. The molecule has 3 rings (SSSR count). The number of hydrogen-bond acceptors (Lipinski definition) is 3. The summed E-state index contributed by atoms with van der Waals surface area (Å²) in [7, 11) is 0. The summed E-state index contributed by atoms with van der Waals surface area (Å²) in [6, 6.07) is 9.68. The zero-order chi connectivity index (χ0) is 19.1. The van der Waals surface area contributed by atoms with Crippen LogP contribution >= 0.6 is 11.6 Å². The smallest absolute Gasteiger partial charge is 0.374 e. The van der Waals surface area contributed by atoms with Gasteiger partial charge in [-0.1, -0.05) is 52.1 Å². The Balaban J connectivity index is 2.04. The summed E-state index contributed by atoms with van der Waals surface area (Å²) < 4.78 is 42.1. The fourth-order valence-electron chi connectivity index (χ4n) is 3.18. The van der Waals surface area contributed by atoms with Crippen molar-refractivity contribution >= 4 is 17.3 Å². The van der Waals surface area contributed by atoms with Gasteiger partial charge in [0.2, 0.25) is 0 Å². The van der Waals surface area contributed by atoms with Crippen molar-refractivity contribution in [3.8, 4) is 0 Å². The number of aryl methyl sites for hydroxylation is 2. The predicted octanol–water partition coefficient (Wildman–Crippen LogP) is 5.00. The van der Waals surface area contributed by atoms with Crippen LogP contribution in [0.15, 0.2) is 41.6 Å². The Labute approximate surface area is 154 Å². The maximum Gasteiger partial charge on any atom is 0.435 e. The first-order chi connectivity index (χ1) is 12.2. The highest BCUT2D eigenvalue weighted by molar-refractivity contribution is 6.31. The molecule has 26 heavy (non-hydrogen) atoms. The van der Waals surface area contributed by atoms with Crippen molar-refractivity contribution in [2.45, 2.75) is 38.6 Å². The van der Waals surface area contributed by atoms with E-state index in [0.717, 1.165) is 11.1 Å². The Kier molecular flexibility index (Phi) is 4.75. The van der Waals surface area contributed by atoms with Gasteiger partial charge < -0.3 is 10.6 Å². The van der Waals surface area contributed by atoms with Crippen molar-refractivity contribution in [1.29, 1.82) is 0 Å². The summed E-state index contributed by atoms with van der Waals surface area (Å²) in [5, 5.41) is 4.24. The lowest BCUT2D eigenvalue weighted by Crippen LogP contribution is -2.42. The SMILES string of the molecule is Cc1cc(C)cc(C2(C(F)(F)F)CC(c3ccc(Cl)c(CN)c3)=NO2)c1. The minimum Gasteiger partial charge on any atom is -0.374 e. The normalized spacial score (nSPS) is 20.0. The molecule has 0 amide bonds. The molecule has 2 aromatic carbocycles. The van der Waals surface area contributed by atoms with Crippen LogP contribution in [0.25, 0.3) is 0 Å². The van der Waals surface area contributed by atoms with Crippen LogP contribution in [-0.2, 0) is 17.0 Å². The molecule has 1 heterocycles. The number of oxime groups is 1. The van der Waals surface area contributed by atoms with Crippen LogP contribution in [0.2, 0.25) is 5.02 Å². The first-order valence-corrected chi connectivity index (χ1v) is 8.43. The van der Waals surface area contributed by atoms with E-state index in [9.17, 15) is 13.2 Å². The predicted molar refractivity (Wildman–Crippen MR) is 95.2 cm³/mol. The highest BCUT2D eigenvalue weighted by Gasteiger charge is 2.62. The van der Waals surface area contributed by atoms with Crippen molar-refractivity contribution in [2.24, 2.45) is 10.9 Å². The molecule has 3 nitrogen and oxygen atoms in total. The summed E-state index contributed by atoms with van der Waals surface area (Å²) >= 11 is 6.03. The summed E-state index contributed by atoms with van der Waals surface area (Å²) in [4.78, 5) is 5.07. The highest BCUT2D eigenvalue weighted by Crippen LogP contribution is 2.49. The van der Waals surface area contributed by atoms with Crippen LogP contribution in [0.4, 0.5) is 13.2 Å². The third kappa shape index (κ3) is 3.19. The Bertz CT molecular complexity index is 859. The topological polar surface area (TPSA) is 47.6 Å². The molecule has 7 heteroatoms. The van der Waals surface area contributed by atoms with Gasteiger partial charge in [0.1, 0.15) is 0 Å². The molecule has 1 atom stereocenters. The van der Waals surface area contributed by atoms with Crippen LogP contribution in [0.1, 0.15) is 34.2 Å². The van der Waals surface area contributed by atoms with E-state index in [1.165, 1.54) is 12.1 Å². The molecule has 0 aromatic heterocycles. The van der Waals surface area contributed by atoms with Crippen molar-refractivity contribution in [1.82, 2.24) is 0 Å². The first kappa shape index (κ1) is 18.7. The largest absolute Gasteiger partial charge is 0.435 e. The van der Waals surface area contributed by atoms with Crippen molar-refractivity contribution in [3.63, 3.8) is 0 Å². The fraction of sp³-hybridized carbons (Fsp3) is 0.316. The number of benzene rings is 2. The molecule has 2 N–H and O–H groups in total. The molecule has 0 aliphatic carbocycles. The van der Waals surface area contributed by atoms with Gasteiger partial charge in [0.15, 0.2) is 0 Å². The summed E-state index contributed by atoms with van der Waals surface area (Å²) in [6.45, 7) is 3.69. The van der Waals surface area contributed by atoms with Gasteiger partial charge in [0, 0.05) is 23.6 Å². The van der Waals surface area contributed by atoms with E-state index in [1.54, 1.807) is 32.0 Å². The molecular formula is C19H18ClF3N2O. The molecular weight excluding hydrogens is 365 g/mol. The van der Waals surface area contributed by atoms with Gasteiger partial charge in [0.25, 0.3) is 5.60 Å². The summed E-state index contributed by atoms with van der Waals surface area (Å²) in [5.41, 5.74) is 6.03.